The lowest BCUT2D eigenvalue weighted by atomic mass is 10.1. The zero-order valence-corrected chi connectivity index (χ0v) is 51.1. The number of aromatic nitrogens is 10. The number of nitrogen functional groups attached to an aromatic ring is 1. The summed E-state index contributed by atoms with van der Waals surface area (Å²) >= 11 is 11.1. The molecule has 5 N–H and O–H groups in total. The number of nitrogens with zero attached hydrogens (tertiary/aromatic N) is 12. The number of oxazole rings is 4. The molecule has 1 atom stereocenters. The number of non-ortho nitro benzene ring substituents is 2. The molecular formula is C64H58Cl2N16O10. The third kappa shape index (κ3) is 22.8. The van der Waals surface area contributed by atoms with E-state index in [2.05, 4.69) is 65.8 Å². The van der Waals surface area contributed by atoms with E-state index in [0.29, 0.717) is 51.9 Å². The van der Waals surface area contributed by atoms with Gasteiger partial charge in [0.15, 0.2) is 42.2 Å². The molecule has 26 nitrogen and oxygen atoms in total. The Balaban J connectivity index is 0.000000156. The van der Waals surface area contributed by atoms with Crippen LogP contribution in [0.1, 0.15) is 47.2 Å². The summed E-state index contributed by atoms with van der Waals surface area (Å²) in [6.07, 6.45) is 18.0. The maximum atomic E-state index is 10.7. The van der Waals surface area contributed by atoms with E-state index >= 15 is 0 Å². The van der Waals surface area contributed by atoms with Crippen LogP contribution in [-0.2, 0) is 4.79 Å². The van der Waals surface area contributed by atoms with Gasteiger partial charge in [0.2, 0.25) is 17.2 Å². The Morgan fingerprint density at radius 2 is 1.04 bits per heavy atom. The lowest BCUT2D eigenvalue weighted by Crippen LogP contribution is -2.39. The molecule has 1 fully saturated rings. The van der Waals surface area contributed by atoms with Crippen LogP contribution in [0.15, 0.2) is 220 Å². The molecule has 92 heavy (non-hydrogen) atoms. The standard InChI is InChI=1S/C14H11ClN4O.C14H12N4O.C9H6N2O3.C9H8N2O.C7H5NO3.C6H11NO.C5H5ClN2/c1-9-5-6-16-14(18-9)19-11-4-2-3-10(7-11)12-8-17-13(15)20-12;1-10-5-6-16-14(17-10)18-12-4-2-3-11(7-12)13-8-15-9-19-13;12-11(13)8-3-1-2-7(4-8)9-5-10-6-14-9;10-8-3-1-2-7(4-8)9-5-11-6-12-9;9-5-6-2-1-3-7(4-6)8(10)11;1-5-6(8)3-2-4-7-5;1-4-2-3-7-5(6)8-4/h2-8H,1H3,(H,16,18,19);2-9H,1H3,(H,16,17,18);1-6H;1-6H,10H2;1-5H;5,7H,2-4H2,1H3;2-3H,1H3. The molecule has 1 unspecified atom stereocenters. The summed E-state index contributed by atoms with van der Waals surface area (Å²) in [5.41, 5.74) is 14.5. The minimum absolute atomic E-state index is 0.0406. The molecule has 12 aromatic rings. The van der Waals surface area contributed by atoms with Crippen molar-refractivity contribution in [3.05, 3.63) is 256 Å². The highest BCUT2D eigenvalue weighted by Gasteiger charge is 2.16. The van der Waals surface area contributed by atoms with E-state index in [0.717, 1.165) is 81.7 Å². The number of hydrogen-bond donors (Lipinski definition) is 4. The maximum Gasteiger partial charge on any atom is 0.292 e. The lowest BCUT2D eigenvalue weighted by Gasteiger charge is -2.17. The summed E-state index contributed by atoms with van der Waals surface area (Å²) in [4.78, 5) is 80.3. The first-order valence-electron chi connectivity index (χ1n) is 27.6. The molecule has 0 aliphatic carbocycles. The van der Waals surface area contributed by atoms with E-state index < -0.39 is 9.85 Å². The first-order chi connectivity index (χ1) is 44.5. The number of rotatable bonds is 11. The van der Waals surface area contributed by atoms with Gasteiger partial charge in [0.1, 0.15) is 12.1 Å². The number of nitrogens with two attached hydrogens (primary N) is 1. The number of aryl methyl sites for hydroxylation is 3. The minimum Gasteiger partial charge on any atom is -0.444 e. The number of nitro benzene ring substituents is 2. The van der Waals surface area contributed by atoms with Crippen LogP contribution in [0.3, 0.4) is 0 Å². The molecule has 0 saturated carbocycles. The van der Waals surface area contributed by atoms with Crippen molar-refractivity contribution in [2.75, 3.05) is 22.9 Å². The van der Waals surface area contributed by atoms with Gasteiger partial charge >= 0.3 is 0 Å². The number of carbonyl (C=O) groups is 2. The average molecular weight is 1280 g/mol. The summed E-state index contributed by atoms with van der Waals surface area (Å²) in [5, 5.41) is 30.5. The number of halogens is 2. The van der Waals surface area contributed by atoms with E-state index in [4.69, 9.17) is 46.6 Å². The molecule has 0 amide bonds. The fraction of sp³-hybridized carbons (Fsp3) is 0.125. The van der Waals surface area contributed by atoms with Gasteiger partial charge in [0.05, 0.1) is 40.7 Å². The number of piperidine rings is 1. The Morgan fingerprint density at radius 1 is 0.576 bits per heavy atom. The van der Waals surface area contributed by atoms with Gasteiger partial charge in [-0.1, -0.05) is 60.7 Å². The fourth-order valence-electron chi connectivity index (χ4n) is 7.74. The Kier molecular flexibility index (Phi) is 26.0. The van der Waals surface area contributed by atoms with Crippen molar-refractivity contribution in [3.63, 3.8) is 0 Å². The fourth-order valence-corrected chi connectivity index (χ4v) is 8.07. The summed E-state index contributed by atoms with van der Waals surface area (Å²) in [5.74, 6) is 4.09. The molecule has 0 spiro atoms. The number of aldehydes is 1. The van der Waals surface area contributed by atoms with E-state index in [1.807, 2.05) is 113 Å². The molecule has 0 radical (unpaired) electrons. The second-order valence-corrected chi connectivity index (χ2v) is 19.8. The summed E-state index contributed by atoms with van der Waals surface area (Å²) in [6, 6.07) is 40.4. The van der Waals surface area contributed by atoms with Gasteiger partial charge in [-0.15, -0.1) is 0 Å². The number of anilines is 5. The quantitative estimate of drug-likeness (QED) is 0.0307. The Labute approximate surface area is 535 Å². The van der Waals surface area contributed by atoms with Crippen LogP contribution >= 0.6 is 23.2 Å². The topological polar surface area (TPSA) is 364 Å². The molecule has 5 aromatic carbocycles. The Hall–Kier alpha value is -11.7. The molecule has 1 aliphatic rings. The highest BCUT2D eigenvalue weighted by Crippen LogP contribution is 2.28. The number of nitro groups is 2. The third-order valence-electron chi connectivity index (χ3n) is 12.2. The third-order valence-corrected chi connectivity index (χ3v) is 12.6. The van der Waals surface area contributed by atoms with Crippen molar-refractivity contribution >= 4 is 75.6 Å². The normalized spacial score (nSPS) is 11.8. The van der Waals surface area contributed by atoms with Crippen molar-refractivity contribution in [2.45, 2.75) is 46.6 Å². The van der Waals surface area contributed by atoms with Gasteiger partial charge in [0, 0.05) is 111 Å². The SMILES string of the molecule is CC1NCCCC1=O.Cc1ccnc(Cl)n1.Cc1ccnc(Nc2cccc(-c3cnc(Cl)o3)c2)n1.Cc1ccnc(Nc2cccc(-c3cnco3)c2)n1.Nc1cccc(-c2cnco2)c1.O=Cc1cccc([N+](=O)[O-])c1.O=[N+]([O-])c1cccc(-c2cnco2)c1. The zero-order valence-electron chi connectivity index (χ0n) is 49.6. The molecule has 8 heterocycles. The van der Waals surface area contributed by atoms with Gasteiger partial charge in [0.25, 0.3) is 16.7 Å². The van der Waals surface area contributed by atoms with Crippen molar-refractivity contribution in [3.8, 4) is 45.3 Å². The first-order valence-corrected chi connectivity index (χ1v) is 28.4. The van der Waals surface area contributed by atoms with E-state index in [1.54, 1.807) is 55.4 Å². The van der Waals surface area contributed by atoms with Crippen LogP contribution in [0.4, 0.5) is 40.3 Å². The molecule has 0 bridgehead atoms. The Bertz CT molecular complexity index is 4260. The molecule has 1 saturated heterocycles. The average Bonchev–Trinajstić information content (AvgIpc) is 1.85. The predicted molar refractivity (Wildman–Crippen MR) is 346 cm³/mol. The second kappa shape index (κ2) is 35.3. The summed E-state index contributed by atoms with van der Waals surface area (Å²) in [7, 11) is 0. The van der Waals surface area contributed by atoms with Crippen LogP contribution in [0.2, 0.25) is 10.6 Å². The van der Waals surface area contributed by atoms with E-state index in [1.165, 1.54) is 61.8 Å². The molecule has 1 aliphatic heterocycles. The van der Waals surface area contributed by atoms with Gasteiger partial charge in [-0.3, -0.25) is 29.8 Å². The molecule has 468 valence electrons. The van der Waals surface area contributed by atoms with E-state index in [-0.39, 0.29) is 22.8 Å². The number of carbonyl (C=O) groups excluding carboxylic acids is 2. The zero-order chi connectivity index (χ0) is 65.6. The van der Waals surface area contributed by atoms with Crippen molar-refractivity contribution < 1.29 is 37.1 Å². The van der Waals surface area contributed by atoms with Crippen molar-refractivity contribution in [1.29, 1.82) is 0 Å². The maximum absolute atomic E-state index is 10.7. The highest BCUT2D eigenvalue weighted by molar-refractivity contribution is 6.28. The number of nitrogens with one attached hydrogen (secondary N) is 3. The van der Waals surface area contributed by atoms with Crippen LogP contribution < -0.4 is 21.7 Å². The Morgan fingerprint density at radius 3 is 1.46 bits per heavy atom. The monoisotopic (exact) mass is 1280 g/mol. The van der Waals surface area contributed by atoms with E-state index in [9.17, 15) is 29.8 Å². The smallest absolute Gasteiger partial charge is 0.292 e. The number of ketones is 1. The second-order valence-electron chi connectivity index (χ2n) is 19.1. The predicted octanol–water partition coefficient (Wildman–Crippen LogP) is 14.4. The number of hydrogen-bond acceptors (Lipinski definition) is 24. The molecule has 28 heteroatoms. The highest BCUT2D eigenvalue weighted by atomic mass is 35.5. The van der Waals surface area contributed by atoms with Crippen LogP contribution in [-0.4, -0.2) is 84.3 Å². The van der Waals surface area contributed by atoms with Gasteiger partial charge in [-0.2, -0.15) is 0 Å². The summed E-state index contributed by atoms with van der Waals surface area (Å²) < 4.78 is 20.7. The van der Waals surface area contributed by atoms with Crippen molar-refractivity contribution in [2.24, 2.45) is 0 Å². The van der Waals surface area contributed by atoms with Gasteiger partial charge in [-0.25, -0.2) is 49.8 Å². The van der Waals surface area contributed by atoms with Crippen LogP contribution in [0.25, 0.3) is 45.3 Å². The molecule has 13 rings (SSSR count). The number of benzene rings is 5. The lowest BCUT2D eigenvalue weighted by molar-refractivity contribution is -0.385. The minimum atomic E-state index is -0.535. The van der Waals surface area contributed by atoms with Crippen LogP contribution in [0, 0.1) is 41.0 Å². The van der Waals surface area contributed by atoms with Crippen LogP contribution in [0.5, 0.6) is 0 Å². The van der Waals surface area contributed by atoms with Crippen molar-refractivity contribution in [1.82, 2.24) is 55.2 Å². The summed E-state index contributed by atoms with van der Waals surface area (Å²) in [6.45, 7) is 8.64. The largest absolute Gasteiger partial charge is 0.444 e. The molecule has 7 aromatic heterocycles. The first kappa shape index (κ1) is 67.8. The number of Topliss-reactive ketones (excluding diaryl/α,β-unsaturated/α-hetero) is 1. The van der Waals surface area contributed by atoms with Gasteiger partial charge < -0.3 is 39.4 Å². The molecular weight excluding hydrogens is 1220 g/mol. The van der Waals surface area contributed by atoms with Gasteiger partial charge in [-0.05, 0) is 118 Å².